The lowest BCUT2D eigenvalue weighted by Gasteiger charge is -2.11. The van der Waals surface area contributed by atoms with Crippen LogP contribution in [0.3, 0.4) is 0 Å². The summed E-state index contributed by atoms with van der Waals surface area (Å²) in [5, 5.41) is 4.90. The normalized spacial score (nSPS) is 9.78. The lowest BCUT2D eigenvalue weighted by Crippen LogP contribution is -2.25. The number of carbonyl (C=O) groups is 2. The molecular formula is C17H12F2N2O2. The van der Waals surface area contributed by atoms with Crippen molar-refractivity contribution in [2.45, 2.75) is 0 Å². The van der Waals surface area contributed by atoms with Gasteiger partial charge in [0.05, 0.1) is 23.4 Å². The zero-order valence-corrected chi connectivity index (χ0v) is 11.9. The number of hydrogen-bond acceptors (Lipinski definition) is 2. The summed E-state index contributed by atoms with van der Waals surface area (Å²) in [6.45, 7) is 0.0354. The third-order valence-corrected chi connectivity index (χ3v) is 2.95. The molecule has 2 aromatic rings. The van der Waals surface area contributed by atoms with E-state index >= 15 is 0 Å². The van der Waals surface area contributed by atoms with Gasteiger partial charge < -0.3 is 10.6 Å². The van der Waals surface area contributed by atoms with Gasteiger partial charge in [0.15, 0.2) is 0 Å². The molecule has 0 radical (unpaired) electrons. The lowest BCUT2D eigenvalue weighted by atomic mass is 10.1. The molecule has 4 nitrogen and oxygen atoms in total. The van der Waals surface area contributed by atoms with Gasteiger partial charge >= 0.3 is 0 Å². The number of benzene rings is 2. The molecule has 23 heavy (non-hydrogen) atoms. The van der Waals surface area contributed by atoms with Crippen molar-refractivity contribution < 1.29 is 18.4 Å². The second-order valence-corrected chi connectivity index (χ2v) is 4.51. The zero-order chi connectivity index (χ0) is 16.8. The number of terminal acetylenes is 1. The van der Waals surface area contributed by atoms with Gasteiger partial charge in [0.25, 0.3) is 11.8 Å². The molecule has 0 fully saturated rings. The molecular weight excluding hydrogens is 302 g/mol. The molecule has 0 heterocycles. The van der Waals surface area contributed by atoms with E-state index in [4.69, 9.17) is 6.42 Å². The van der Waals surface area contributed by atoms with E-state index in [0.717, 1.165) is 12.1 Å². The van der Waals surface area contributed by atoms with Crippen molar-refractivity contribution in [3.05, 3.63) is 65.2 Å². The lowest BCUT2D eigenvalue weighted by molar-refractivity contribution is 0.0959. The van der Waals surface area contributed by atoms with Crippen LogP contribution in [0, 0.1) is 24.0 Å². The second kappa shape index (κ2) is 7.18. The van der Waals surface area contributed by atoms with Crippen LogP contribution in [0.15, 0.2) is 42.5 Å². The number of rotatable bonds is 4. The van der Waals surface area contributed by atoms with Gasteiger partial charge in [0, 0.05) is 6.07 Å². The van der Waals surface area contributed by atoms with Gasteiger partial charge in [-0.25, -0.2) is 8.78 Å². The maximum absolute atomic E-state index is 13.6. The summed E-state index contributed by atoms with van der Waals surface area (Å²) in [5.41, 5.74) is 0.0413. The number of para-hydroxylation sites is 1. The van der Waals surface area contributed by atoms with Crippen LogP contribution in [0.5, 0.6) is 0 Å². The Morgan fingerprint density at radius 2 is 1.78 bits per heavy atom. The van der Waals surface area contributed by atoms with Crippen molar-refractivity contribution in [3.63, 3.8) is 0 Å². The third-order valence-electron chi connectivity index (χ3n) is 2.95. The van der Waals surface area contributed by atoms with Crippen molar-refractivity contribution in [2.75, 3.05) is 11.9 Å². The fraction of sp³-hybridized carbons (Fsp3) is 0.0588. The maximum Gasteiger partial charge on any atom is 0.258 e. The van der Waals surface area contributed by atoms with Gasteiger partial charge in [-0.05, 0) is 24.3 Å². The van der Waals surface area contributed by atoms with E-state index in [2.05, 4.69) is 16.6 Å². The number of anilines is 1. The van der Waals surface area contributed by atoms with E-state index in [1.165, 1.54) is 12.1 Å². The van der Waals surface area contributed by atoms with E-state index in [1.54, 1.807) is 12.1 Å². The fourth-order valence-electron chi connectivity index (χ4n) is 1.88. The Bertz CT molecular complexity index is 797. The molecule has 0 atom stereocenters. The van der Waals surface area contributed by atoms with E-state index in [0.29, 0.717) is 6.07 Å². The average Bonchev–Trinajstić information content (AvgIpc) is 2.53. The summed E-state index contributed by atoms with van der Waals surface area (Å²) in [4.78, 5) is 24.1. The molecule has 0 spiro atoms. The summed E-state index contributed by atoms with van der Waals surface area (Å²) >= 11 is 0. The van der Waals surface area contributed by atoms with Gasteiger partial charge in [-0.15, -0.1) is 6.42 Å². The minimum absolute atomic E-state index is 0.0354. The Balaban J connectivity index is 2.25. The highest BCUT2D eigenvalue weighted by Crippen LogP contribution is 2.17. The summed E-state index contributed by atoms with van der Waals surface area (Å²) in [6.07, 6.45) is 5.07. The number of halogens is 2. The highest BCUT2D eigenvalue weighted by Gasteiger charge is 2.16. The van der Waals surface area contributed by atoms with E-state index in [9.17, 15) is 18.4 Å². The first-order chi connectivity index (χ1) is 11.0. The standard InChI is InChI=1S/C17H12F2N2O2/c1-2-9-20-16(22)13-5-3-4-6-15(13)21-17(23)12-8-7-11(18)10-14(12)19/h1,3-8,10H,9H2,(H,20,22)(H,21,23). The molecule has 0 aliphatic rings. The van der Waals surface area contributed by atoms with Crippen LogP contribution in [-0.2, 0) is 0 Å². The van der Waals surface area contributed by atoms with Gasteiger partial charge in [-0.3, -0.25) is 9.59 Å². The largest absolute Gasteiger partial charge is 0.341 e. The zero-order valence-electron chi connectivity index (χ0n) is 11.9. The molecule has 0 aliphatic heterocycles. The Morgan fingerprint density at radius 1 is 1.04 bits per heavy atom. The highest BCUT2D eigenvalue weighted by molar-refractivity contribution is 6.09. The first-order valence-electron chi connectivity index (χ1n) is 6.60. The van der Waals surface area contributed by atoms with E-state index < -0.39 is 23.4 Å². The first kappa shape index (κ1) is 16.2. The molecule has 2 N–H and O–H groups in total. The summed E-state index contributed by atoms with van der Waals surface area (Å²) in [7, 11) is 0. The van der Waals surface area contributed by atoms with Crippen LogP contribution < -0.4 is 10.6 Å². The highest BCUT2D eigenvalue weighted by atomic mass is 19.1. The van der Waals surface area contributed by atoms with E-state index in [-0.39, 0.29) is 23.4 Å². The van der Waals surface area contributed by atoms with Crippen molar-refractivity contribution in [3.8, 4) is 12.3 Å². The Hall–Kier alpha value is -3.20. The van der Waals surface area contributed by atoms with Gasteiger partial charge in [0.2, 0.25) is 0 Å². The first-order valence-corrected chi connectivity index (χ1v) is 6.60. The maximum atomic E-state index is 13.6. The van der Waals surface area contributed by atoms with Gasteiger partial charge in [-0.2, -0.15) is 0 Å². The molecule has 2 aromatic carbocycles. The summed E-state index contributed by atoms with van der Waals surface area (Å²) in [5.74, 6) is -0.776. The minimum Gasteiger partial charge on any atom is -0.341 e. The Morgan fingerprint density at radius 3 is 2.48 bits per heavy atom. The SMILES string of the molecule is C#CCNC(=O)c1ccccc1NC(=O)c1ccc(F)cc1F. The molecule has 0 unspecified atom stereocenters. The van der Waals surface area contributed by atoms with Crippen molar-refractivity contribution in [1.29, 1.82) is 0 Å². The Labute approximate surface area is 131 Å². The van der Waals surface area contributed by atoms with Gasteiger partial charge in [-0.1, -0.05) is 18.1 Å². The third kappa shape index (κ3) is 3.92. The van der Waals surface area contributed by atoms with Crippen LogP contribution in [0.2, 0.25) is 0 Å². The molecule has 6 heteroatoms. The second-order valence-electron chi connectivity index (χ2n) is 4.51. The predicted octanol–water partition coefficient (Wildman–Crippen LogP) is 2.58. The molecule has 0 aromatic heterocycles. The number of carbonyl (C=O) groups excluding carboxylic acids is 2. The van der Waals surface area contributed by atoms with Crippen molar-refractivity contribution >= 4 is 17.5 Å². The number of hydrogen-bond donors (Lipinski definition) is 2. The monoisotopic (exact) mass is 314 g/mol. The average molecular weight is 314 g/mol. The molecule has 0 saturated heterocycles. The smallest absolute Gasteiger partial charge is 0.258 e. The molecule has 2 amide bonds. The quantitative estimate of drug-likeness (QED) is 0.852. The summed E-state index contributed by atoms with van der Waals surface area (Å²) in [6, 6.07) is 8.81. The van der Waals surface area contributed by atoms with Crippen LogP contribution in [0.25, 0.3) is 0 Å². The van der Waals surface area contributed by atoms with Gasteiger partial charge in [0.1, 0.15) is 11.6 Å². The summed E-state index contributed by atoms with van der Waals surface area (Å²) < 4.78 is 26.5. The number of nitrogens with one attached hydrogen (secondary N) is 2. The molecule has 0 aliphatic carbocycles. The molecule has 0 saturated carbocycles. The van der Waals surface area contributed by atoms with E-state index in [1.807, 2.05) is 0 Å². The molecule has 0 bridgehead atoms. The van der Waals surface area contributed by atoms with Crippen molar-refractivity contribution in [2.24, 2.45) is 0 Å². The molecule has 2 rings (SSSR count). The minimum atomic E-state index is -0.989. The fourth-order valence-corrected chi connectivity index (χ4v) is 1.88. The topological polar surface area (TPSA) is 58.2 Å². The van der Waals surface area contributed by atoms with Crippen LogP contribution >= 0.6 is 0 Å². The van der Waals surface area contributed by atoms with Crippen molar-refractivity contribution in [1.82, 2.24) is 5.32 Å². The molecule has 116 valence electrons. The Kier molecular flexibility index (Phi) is 5.05. The predicted molar refractivity (Wildman–Crippen MR) is 81.9 cm³/mol. The number of amides is 2. The van der Waals surface area contributed by atoms with Crippen LogP contribution in [-0.4, -0.2) is 18.4 Å². The van der Waals surface area contributed by atoms with Crippen LogP contribution in [0.1, 0.15) is 20.7 Å². The van der Waals surface area contributed by atoms with Crippen LogP contribution in [0.4, 0.5) is 14.5 Å².